The van der Waals surface area contributed by atoms with Crippen molar-refractivity contribution in [2.24, 2.45) is 0 Å². The average Bonchev–Trinajstić information content (AvgIpc) is 3.39. The lowest BCUT2D eigenvalue weighted by atomic mass is 10.0. The second-order valence-corrected chi connectivity index (χ2v) is 11.6. The van der Waals surface area contributed by atoms with E-state index in [0.717, 1.165) is 92.8 Å². The number of rotatable bonds is 6. The number of carbonyl (C=O) groups is 1. The Morgan fingerprint density at radius 2 is 1.70 bits per heavy atom. The number of aromatic nitrogens is 1. The summed E-state index contributed by atoms with van der Waals surface area (Å²) in [5, 5.41) is 4.37. The van der Waals surface area contributed by atoms with Crippen LogP contribution >= 0.6 is 11.3 Å². The molecule has 3 saturated heterocycles. The van der Waals surface area contributed by atoms with Crippen LogP contribution in [0.15, 0.2) is 48.5 Å². The molecule has 0 atom stereocenters. The van der Waals surface area contributed by atoms with Gasteiger partial charge in [0.2, 0.25) is 0 Å². The molecular formula is C29H37N5O2S. The van der Waals surface area contributed by atoms with Crippen LogP contribution in [0.2, 0.25) is 0 Å². The molecule has 0 saturated carbocycles. The van der Waals surface area contributed by atoms with Crippen LogP contribution in [-0.4, -0.2) is 85.3 Å². The first-order chi connectivity index (χ1) is 18.2. The molecule has 7 nitrogen and oxygen atoms in total. The molecule has 8 heteroatoms. The zero-order valence-corrected chi connectivity index (χ0v) is 22.3. The molecule has 37 heavy (non-hydrogen) atoms. The Morgan fingerprint density at radius 1 is 0.946 bits per heavy atom. The van der Waals surface area contributed by atoms with E-state index < -0.39 is 0 Å². The van der Waals surface area contributed by atoms with Crippen molar-refractivity contribution in [3.63, 3.8) is 0 Å². The number of anilines is 1. The van der Waals surface area contributed by atoms with Crippen molar-refractivity contribution in [1.29, 1.82) is 0 Å². The van der Waals surface area contributed by atoms with E-state index in [2.05, 4.69) is 50.3 Å². The maximum atomic E-state index is 13.1. The molecule has 0 unspecified atom stereocenters. The van der Waals surface area contributed by atoms with Gasteiger partial charge in [-0.25, -0.2) is 4.98 Å². The molecule has 3 aliphatic heterocycles. The van der Waals surface area contributed by atoms with E-state index in [1.807, 2.05) is 18.2 Å². The van der Waals surface area contributed by atoms with Crippen molar-refractivity contribution in [2.75, 3.05) is 57.4 Å². The van der Waals surface area contributed by atoms with Crippen LogP contribution in [0.4, 0.5) is 5.13 Å². The number of fused-ring (bicyclic) bond motifs is 1. The fourth-order valence-corrected chi connectivity index (χ4v) is 6.96. The van der Waals surface area contributed by atoms with Crippen LogP contribution in [0.5, 0.6) is 0 Å². The number of ether oxygens (including phenoxy) is 1. The smallest absolute Gasteiger partial charge is 0.251 e. The largest absolute Gasteiger partial charge is 0.379 e. The summed E-state index contributed by atoms with van der Waals surface area (Å²) in [5.41, 5.74) is 3.07. The number of likely N-dealkylation sites (tertiary alicyclic amines) is 1. The molecule has 2 aromatic carbocycles. The van der Waals surface area contributed by atoms with E-state index in [0.29, 0.717) is 6.04 Å². The minimum absolute atomic E-state index is 0.0321. The van der Waals surface area contributed by atoms with Gasteiger partial charge in [-0.3, -0.25) is 14.6 Å². The summed E-state index contributed by atoms with van der Waals surface area (Å²) in [6, 6.07) is 17.5. The van der Waals surface area contributed by atoms with Gasteiger partial charge in [-0.2, -0.15) is 0 Å². The topological polar surface area (TPSA) is 60.9 Å². The third-order valence-electron chi connectivity index (χ3n) is 8.11. The fraction of sp³-hybridized carbons (Fsp3) is 0.517. The molecule has 6 rings (SSSR count). The number of nitrogens with one attached hydrogen (secondary N) is 1. The number of piperidine rings is 2. The first-order valence-corrected chi connectivity index (χ1v) is 14.6. The molecule has 3 fully saturated rings. The minimum Gasteiger partial charge on any atom is -0.379 e. The van der Waals surface area contributed by atoms with Crippen LogP contribution in [0, 0.1) is 0 Å². The monoisotopic (exact) mass is 519 g/mol. The Hall–Kier alpha value is -2.52. The number of carbonyl (C=O) groups excluding carboxylic acids is 1. The number of nitrogens with zero attached hydrogens (tertiary/aromatic N) is 4. The van der Waals surface area contributed by atoms with E-state index >= 15 is 0 Å². The SMILES string of the molecule is O=C(NC1CCN(Cc2ccccc2)CC1)c1ccc2nc(N3CCC(N4CCOCC4)CC3)sc2c1. The third-order valence-corrected chi connectivity index (χ3v) is 9.19. The molecule has 0 aliphatic carbocycles. The Balaban J connectivity index is 1.02. The van der Waals surface area contributed by atoms with Gasteiger partial charge in [0.1, 0.15) is 0 Å². The Morgan fingerprint density at radius 3 is 2.46 bits per heavy atom. The minimum atomic E-state index is 0.0321. The number of thiazole rings is 1. The molecule has 1 amide bonds. The van der Waals surface area contributed by atoms with E-state index in [-0.39, 0.29) is 11.9 Å². The molecule has 196 valence electrons. The van der Waals surface area contributed by atoms with E-state index in [1.54, 1.807) is 11.3 Å². The summed E-state index contributed by atoms with van der Waals surface area (Å²) < 4.78 is 6.61. The van der Waals surface area contributed by atoms with Crippen LogP contribution in [-0.2, 0) is 11.3 Å². The highest BCUT2D eigenvalue weighted by atomic mass is 32.1. The highest BCUT2D eigenvalue weighted by molar-refractivity contribution is 7.22. The van der Waals surface area contributed by atoms with Crippen LogP contribution in [0.25, 0.3) is 10.2 Å². The van der Waals surface area contributed by atoms with Crippen molar-refractivity contribution in [2.45, 2.75) is 44.3 Å². The molecule has 0 spiro atoms. The van der Waals surface area contributed by atoms with Crippen molar-refractivity contribution in [1.82, 2.24) is 20.1 Å². The number of hydrogen-bond acceptors (Lipinski definition) is 7. The summed E-state index contributed by atoms with van der Waals surface area (Å²) in [7, 11) is 0. The standard InChI is InChI=1S/C29H37N5O2S/c35-28(30-24-8-12-32(13-9-24)21-22-4-2-1-3-5-22)23-6-7-26-27(20-23)37-29(31-26)34-14-10-25(11-15-34)33-16-18-36-19-17-33/h1-7,20,24-25H,8-19,21H2,(H,30,35). The predicted octanol–water partition coefficient (Wildman–Crippen LogP) is 3.99. The molecule has 0 bridgehead atoms. The highest BCUT2D eigenvalue weighted by Crippen LogP contribution is 2.32. The van der Waals surface area contributed by atoms with E-state index in [1.165, 1.54) is 18.4 Å². The van der Waals surface area contributed by atoms with Gasteiger partial charge in [0.15, 0.2) is 5.13 Å². The lowest BCUT2D eigenvalue weighted by molar-refractivity contribution is 0.0115. The van der Waals surface area contributed by atoms with Gasteiger partial charge in [-0.1, -0.05) is 41.7 Å². The molecular weight excluding hydrogens is 482 g/mol. The second-order valence-electron chi connectivity index (χ2n) is 10.6. The summed E-state index contributed by atoms with van der Waals surface area (Å²) in [6.07, 6.45) is 4.33. The first-order valence-electron chi connectivity index (χ1n) is 13.8. The van der Waals surface area contributed by atoms with Crippen LogP contribution in [0.1, 0.15) is 41.6 Å². The van der Waals surface area contributed by atoms with Crippen LogP contribution in [0.3, 0.4) is 0 Å². The lowest BCUT2D eigenvalue weighted by Gasteiger charge is -2.40. The third kappa shape index (κ3) is 5.98. The Labute approximate surface area is 223 Å². The molecule has 1 N–H and O–H groups in total. The summed E-state index contributed by atoms with van der Waals surface area (Å²) in [4.78, 5) is 25.5. The Bertz CT molecular complexity index is 1180. The summed E-state index contributed by atoms with van der Waals surface area (Å²) >= 11 is 1.71. The number of benzene rings is 2. The molecule has 3 aliphatic rings. The predicted molar refractivity (Wildman–Crippen MR) is 149 cm³/mol. The van der Waals surface area contributed by atoms with Crippen LogP contribution < -0.4 is 10.2 Å². The number of morpholine rings is 1. The van der Waals surface area contributed by atoms with E-state index in [9.17, 15) is 4.79 Å². The molecule has 0 radical (unpaired) electrons. The van der Waals surface area contributed by atoms with Crippen molar-refractivity contribution in [3.8, 4) is 0 Å². The Kier molecular flexibility index (Phi) is 7.69. The quantitative estimate of drug-likeness (QED) is 0.532. The van der Waals surface area contributed by atoms with Gasteiger partial charge in [-0.15, -0.1) is 0 Å². The van der Waals surface area contributed by atoms with Gasteiger partial charge in [-0.05, 0) is 49.4 Å². The summed E-state index contributed by atoms with van der Waals surface area (Å²) in [6.45, 7) is 8.93. The fourth-order valence-electron chi connectivity index (χ4n) is 5.90. The van der Waals surface area contributed by atoms with E-state index in [4.69, 9.17) is 9.72 Å². The highest BCUT2D eigenvalue weighted by Gasteiger charge is 2.27. The lowest BCUT2D eigenvalue weighted by Crippen LogP contribution is -2.49. The maximum Gasteiger partial charge on any atom is 0.251 e. The number of amides is 1. The van der Waals surface area contributed by atoms with Gasteiger partial charge >= 0.3 is 0 Å². The zero-order chi connectivity index (χ0) is 25.0. The zero-order valence-electron chi connectivity index (χ0n) is 21.5. The van der Waals surface area contributed by atoms with Crippen molar-refractivity contribution in [3.05, 3.63) is 59.7 Å². The molecule has 1 aromatic heterocycles. The number of hydrogen-bond donors (Lipinski definition) is 1. The first kappa shape index (κ1) is 24.8. The molecule has 4 heterocycles. The van der Waals surface area contributed by atoms with Crippen molar-refractivity contribution < 1.29 is 9.53 Å². The van der Waals surface area contributed by atoms with Crippen molar-refractivity contribution >= 4 is 32.6 Å². The average molecular weight is 520 g/mol. The molecule has 3 aromatic rings. The van der Waals surface area contributed by atoms with Gasteiger partial charge in [0.25, 0.3) is 5.91 Å². The second kappa shape index (κ2) is 11.5. The normalized spacial score (nSPS) is 20.9. The van der Waals surface area contributed by atoms with Gasteiger partial charge in [0.05, 0.1) is 23.4 Å². The van der Waals surface area contributed by atoms with Gasteiger partial charge in [0, 0.05) is 63.5 Å². The summed E-state index contributed by atoms with van der Waals surface area (Å²) in [5.74, 6) is 0.0321. The maximum absolute atomic E-state index is 13.1. The van der Waals surface area contributed by atoms with Gasteiger partial charge < -0.3 is 15.0 Å².